The number of nitrogens with zero attached hydrogens (tertiary/aromatic N) is 1. The second kappa shape index (κ2) is 5.60. The lowest BCUT2D eigenvalue weighted by atomic mass is 10.1. The van der Waals surface area contributed by atoms with Crippen LogP contribution in [0.25, 0.3) is 11.3 Å². The summed E-state index contributed by atoms with van der Waals surface area (Å²) in [4.78, 5) is 8.00. The second-order valence-corrected chi connectivity index (χ2v) is 6.28. The van der Waals surface area contributed by atoms with Crippen molar-refractivity contribution >= 4 is 34.5 Å². The van der Waals surface area contributed by atoms with E-state index in [0.717, 1.165) is 28.3 Å². The summed E-state index contributed by atoms with van der Waals surface area (Å²) < 4.78 is 0. The molecule has 0 radical (unpaired) electrons. The molecule has 5 heteroatoms. The van der Waals surface area contributed by atoms with Gasteiger partial charge in [0.25, 0.3) is 0 Å². The number of aryl methyl sites for hydroxylation is 1. The zero-order valence-corrected chi connectivity index (χ0v) is 13.1. The standard InChI is InChI=1S/C15H12Cl2N2S/c1-9-15(11-2-3-20-8-11)19-14(18-9)6-10-4-12(16)7-13(17)5-10/h2-5,7-8H,6H2,1H3,(H,18,19). The first-order chi connectivity index (χ1) is 9.61. The minimum Gasteiger partial charge on any atom is -0.345 e. The lowest BCUT2D eigenvalue weighted by molar-refractivity contribution is 1.02. The van der Waals surface area contributed by atoms with Crippen LogP contribution in [0.1, 0.15) is 17.1 Å². The lowest BCUT2D eigenvalue weighted by Gasteiger charge is -2.00. The van der Waals surface area contributed by atoms with E-state index in [2.05, 4.69) is 26.8 Å². The molecule has 3 rings (SSSR count). The first-order valence-electron chi connectivity index (χ1n) is 6.15. The predicted molar refractivity (Wildman–Crippen MR) is 85.9 cm³/mol. The lowest BCUT2D eigenvalue weighted by Crippen LogP contribution is -1.91. The van der Waals surface area contributed by atoms with E-state index in [0.29, 0.717) is 16.5 Å². The van der Waals surface area contributed by atoms with Crippen molar-refractivity contribution < 1.29 is 0 Å². The van der Waals surface area contributed by atoms with Crippen molar-refractivity contribution in [1.29, 1.82) is 0 Å². The Bertz CT molecular complexity index is 712. The van der Waals surface area contributed by atoms with Gasteiger partial charge in [-0.2, -0.15) is 11.3 Å². The summed E-state index contributed by atoms with van der Waals surface area (Å²) in [6.07, 6.45) is 0.686. The Balaban J connectivity index is 1.90. The summed E-state index contributed by atoms with van der Waals surface area (Å²) in [7, 11) is 0. The maximum atomic E-state index is 6.02. The van der Waals surface area contributed by atoms with E-state index >= 15 is 0 Å². The van der Waals surface area contributed by atoms with E-state index in [1.54, 1.807) is 17.4 Å². The smallest absolute Gasteiger partial charge is 0.111 e. The van der Waals surface area contributed by atoms with Gasteiger partial charge in [0, 0.05) is 33.1 Å². The number of hydrogen-bond donors (Lipinski definition) is 1. The molecule has 1 N–H and O–H groups in total. The molecule has 0 saturated heterocycles. The monoisotopic (exact) mass is 322 g/mol. The van der Waals surface area contributed by atoms with Gasteiger partial charge in [0.2, 0.25) is 0 Å². The van der Waals surface area contributed by atoms with Crippen LogP contribution >= 0.6 is 34.5 Å². The van der Waals surface area contributed by atoms with E-state index < -0.39 is 0 Å². The third-order valence-electron chi connectivity index (χ3n) is 3.02. The fourth-order valence-electron chi connectivity index (χ4n) is 2.19. The van der Waals surface area contributed by atoms with Crippen LogP contribution < -0.4 is 0 Å². The van der Waals surface area contributed by atoms with Gasteiger partial charge < -0.3 is 4.98 Å². The van der Waals surface area contributed by atoms with Crippen molar-refractivity contribution in [3.63, 3.8) is 0 Å². The molecule has 0 bridgehead atoms. The summed E-state index contributed by atoms with van der Waals surface area (Å²) in [5.74, 6) is 0.919. The predicted octanol–water partition coefficient (Wildman–Crippen LogP) is 5.34. The van der Waals surface area contributed by atoms with E-state index in [1.165, 1.54) is 0 Å². The van der Waals surface area contributed by atoms with E-state index in [9.17, 15) is 0 Å². The number of H-pyrrole nitrogens is 1. The van der Waals surface area contributed by atoms with Gasteiger partial charge in [0.05, 0.1) is 5.69 Å². The summed E-state index contributed by atoms with van der Waals surface area (Å²) in [6, 6.07) is 7.63. The average Bonchev–Trinajstić information content (AvgIpc) is 2.97. The Hall–Kier alpha value is -1.29. The Morgan fingerprint density at radius 2 is 1.95 bits per heavy atom. The molecule has 0 aliphatic carbocycles. The number of thiophene rings is 1. The molecule has 3 aromatic rings. The largest absolute Gasteiger partial charge is 0.345 e. The van der Waals surface area contributed by atoms with E-state index in [-0.39, 0.29) is 0 Å². The van der Waals surface area contributed by atoms with Gasteiger partial charge >= 0.3 is 0 Å². The van der Waals surface area contributed by atoms with Crippen molar-refractivity contribution in [1.82, 2.24) is 9.97 Å². The van der Waals surface area contributed by atoms with E-state index in [1.807, 2.05) is 19.1 Å². The van der Waals surface area contributed by atoms with Crippen molar-refractivity contribution in [2.45, 2.75) is 13.3 Å². The van der Waals surface area contributed by atoms with Crippen LogP contribution in [0.3, 0.4) is 0 Å². The van der Waals surface area contributed by atoms with Crippen LogP contribution in [0.5, 0.6) is 0 Å². The van der Waals surface area contributed by atoms with Crippen molar-refractivity contribution in [3.05, 3.63) is 62.2 Å². The number of benzene rings is 1. The topological polar surface area (TPSA) is 28.7 Å². The molecule has 2 nitrogen and oxygen atoms in total. The molecule has 0 unspecified atom stereocenters. The number of hydrogen-bond acceptors (Lipinski definition) is 2. The zero-order chi connectivity index (χ0) is 14.1. The Kier molecular flexibility index (Phi) is 3.83. The molecule has 0 atom stereocenters. The Morgan fingerprint density at radius 3 is 2.60 bits per heavy atom. The van der Waals surface area contributed by atoms with Gasteiger partial charge in [-0.1, -0.05) is 23.2 Å². The Morgan fingerprint density at radius 1 is 1.20 bits per heavy atom. The summed E-state index contributed by atoms with van der Waals surface area (Å²) in [5, 5.41) is 5.45. The van der Waals surface area contributed by atoms with Crippen LogP contribution in [0, 0.1) is 6.92 Å². The zero-order valence-electron chi connectivity index (χ0n) is 10.8. The fraction of sp³-hybridized carbons (Fsp3) is 0.133. The average molecular weight is 323 g/mol. The normalized spacial score (nSPS) is 10.9. The van der Waals surface area contributed by atoms with Crippen LogP contribution in [-0.4, -0.2) is 9.97 Å². The highest BCUT2D eigenvalue weighted by atomic mass is 35.5. The van der Waals surface area contributed by atoms with Gasteiger partial charge in [-0.15, -0.1) is 0 Å². The summed E-state index contributed by atoms with van der Waals surface area (Å²) in [5.41, 5.74) is 4.29. The molecule has 1 aromatic carbocycles. The quantitative estimate of drug-likeness (QED) is 0.692. The van der Waals surface area contributed by atoms with Crippen LogP contribution in [0.15, 0.2) is 35.0 Å². The maximum absolute atomic E-state index is 6.02. The molecule has 2 heterocycles. The third-order valence-corrected chi connectivity index (χ3v) is 4.14. The molecule has 102 valence electrons. The SMILES string of the molecule is Cc1[nH]c(Cc2cc(Cl)cc(Cl)c2)nc1-c1ccsc1. The van der Waals surface area contributed by atoms with Crippen molar-refractivity contribution in [3.8, 4) is 11.3 Å². The Labute approximate surface area is 131 Å². The molecule has 0 aliphatic rings. The fourth-order valence-corrected chi connectivity index (χ4v) is 3.40. The number of rotatable bonds is 3. The minimum absolute atomic E-state index is 0.647. The van der Waals surface area contributed by atoms with Crippen molar-refractivity contribution in [2.24, 2.45) is 0 Å². The van der Waals surface area contributed by atoms with Gasteiger partial charge in [0.1, 0.15) is 5.82 Å². The molecule has 0 spiro atoms. The highest BCUT2D eigenvalue weighted by molar-refractivity contribution is 7.08. The molecule has 0 amide bonds. The maximum Gasteiger partial charge on any atom is 0.111 e. The van der Waals surface area contributed by atoms with Gasteiger partial charge in [0.15, 0.2) is 0 Å². The molecule has 0 saturated carbocycles. The third kappa shape index (κ3) is 2.90. The first kappa shape index (κ1) is 13.7. The van der Waals surface area contributed by atoms with Crippen LogP contribution in [0.2, 0.25) is 10.0 Å². The van der Waals surface area contributed by atoms with Crippen LogP contribution in [0.4, 0.5) is 0 Å². The number of aromatic amines is 1. The molecule has 2 aromatic heterocycles. The molecule has 0 fully saturated rings. The molecule has 0 aliphatic heterocycles. The number of imidazole rings is 1. The summed E-state index contributed by atoms with van der Waals surface area (Å²) in [6.45, 7) is 2.04. The molecular formula is C15H12Cl2N2S. The molecule has 20 heavy (non-hydrogen) atoms. The second-order valence-electron chi connectivity index (χ2n) is 4.62. The number of nitrogens with one attached hydrogen (secondary N) is 1. The van der Waals surface area contributed by atoms with Gasteiger partial charge in [-0.25, -0.2) is 4.98 Å². The minimum atomic E-state index is 0.647. The van der Waals surface area contributed by atoms with Crippen molar-refractivity contribution in [2.75, 3.05) is 0 Å². The highest BCUT2D eigenvalue weighted by Gasteiger charge is 2.10. The van der Waals surface area contributed by atoms with Gasteiger partial charge in [-0.3, -0.25) is 0 Å². The van der Waals surface area contributed by atoms with Gasteiger partial charge in [-0.05, 0) is 42.1 Å². The number of halogens is 2. The first-order valence-corrected chi connectivity index (χ1v) is 7.85. The highest BCUT2D eigenvalue weighted by Crippen LogP contribution is 2.25. The number of aromatic nitrogens is 2. The van der Waals surface area contributed by atoms with Crippen LogP contribution in [-0.2, 0) is 6.42 Å². The molecular weight excluding hydrogens is 311 g/mol. The summed E-state index contributed by atoms with van der Waals surface area (Å²) >= 11 is 13.7. The van der Waals surface area contributed by atoms with E-state index in [4.69, 9.17) is 23.2 Å².